The Hall–Kier alpha value is -1.50. The van der Waals surface area contributed by atoms with Crippen LogP contribution >= 0.6 is 43.5 Å². The summed E-state index contributed by atoms with van der Waals surface area (Å²) in [6, 6.07) is 10.2. The van der Waals surface area contributed by atoms with Crippen LogP contribution < -0.4 is 9.47 Å². The second-order valence-electron chi connectivity index (χ2n) is 4.67. The summed E-state index contributed by atoms with van der Waals surface area (Å²) < 4.78 is 12.3. The van der Waals surface area contributed by atoms with Crippen molar-refractivity contribution in [2.24, 2.45) is 0 Å². The quantitative estimate of drug-likeness (QED) is 0.528. The fourth-order valence-corrected chi connectivity index (χ4v) is 3.64. The Morgan fingerprint density at radius 1 is 1.09 bits per heavy atom. The summed E-state index contributed by atoms with van der Waals surface area (Å²) >= 11 is 13.0. The minimum Gasteiger partial charge on any atom is -0.508 e. The first-order valence-electron chi connectivity index (χ1n) is 6.48. The average molecular weight is 460 g/mol. The molecule has 0 amide bonds. The zero-order chi connectivity index (χ0) is 16.6. The highest BCUT2D eigenvalue weighted by molar-refractivity contribution is 9.11. The fourth-order valence-electron chi connectivity index (χ4n) is 2.07. The summed E-state index contributed by atoms with van der Waals surface area (Å²) in [4.78, 5) is 4.34. The molecule has 0 atom stereocenters. The van der Waals surface area contributed by atoms with Gasteiger partial charge in [0.25, 0.3) is 0 Å². The number of hydrogen-bond donors (Lipinski definition) is 1. The number of phenols is 1. The zero-order valence-corrected chi connectivity index (χ0v) is 15.7. The van der Waals surface area contributed by atoms with Gasteiger partial charge in [0.2, 0.25) is 5.88 Å². The van der Waals surface area contributed by atoms with Crippen molar-refractivity contribution in [3.63, 3.8) is 0 Å². The molecule has 0 aliphatic heterocycles. The Balaban J connectivity index is 2.03. The molecule has 0 unspecified atom stereocenters. The molecule has 0 saturated heterocycles. The Kier molecular flexibility index (Phi) is 4.66. The number of hydrogen-bond acceptors (Lipinski definition) is 4. The van der Waals surface area contributed by atoms with Gasteiger partial charge in [-0.1, -0.05) is 11.6 Å². The molecule has 0 fully saturated rings. The molecular weight excluding hydrogens is 449 g/mol. The van der Waals surface area contributed by atoms with Crippen LogP contribution in [0.25, 0.3) is 10.9 Å². The first-order chi connectivity index (χ1) is 11.0. The van der Waals surface area contributed by atoms with Crippen LogP contribution in [0.1, 0.15) is 0 Å². The molecule has 0 spiro atoms. The highest BCUT2D eigenvalue weighted by Crippen LogP contribution is 2.40. The minimum atomic E-state index is 0.133. The molecule has 0 saturated carbocycles. The van der Waals surface area contributed by atoms with Gasteiger partial charge in [-0.3, -0.25) is 0 Å². The smallest absolute Gasteiger partial charge is 0.215 e. The number of methoxy groups -OCH3 is 1. The normalized spacial score (nSPS) is 10.8. The predicted octanol–water partition coefficient (Wildman–Crippen LogP) is 5.92. The topological polar surface area (TPSA) is 51.6 Å². The number of halogens is 3. The van der Waals surface area contributed by atoms with Crippen LogP contribution in [0.5, 0.6) is 23.1 Å². The molecule has 1 heterocycles. The van der Waals surface area contributed by atoms with E-state index in [-0.39, 0.29) is 5.75 Å². The molecule has 3 rings (SSSR count). The fraction of sp³-hybridized carbons (Fsp3) is 0.0625. The second kappa shape index (κ2) is 6.55. The van der Waals surface area contributed by atoms with Gasteiger partial charge >= 0.3 is 0 Å². The van der Waals surface area contributed by atoms with E-state index in [1.807, 2.05) is 0 Å². The molecule has 1 aromatic heterocycles. The highest BCUT2D eigenvalue weighted by atomic mass is 79.9. The number of aromatic hydroxyl groups is 1. The van der Waals surface area contributed by atoms with Gasteiger partial charge in [0.1, 0.15) is 11.5 Å². The maximum atomic E-state index is 9.56. The molecule has 1 N–H and O–H groups in total. The molecule has 23 heavy (non-hydrogen) atoms. The Morgan fingerprint density at radius 2 is 1.78 bits per heavy atom. The van der Waals surface area contributed by atoms with Gasteiger partial charge in [-0.2, -0.15) is 0 Å². The Labute approximate surface area is 154 Å². The van der Waals surface area contributed by atoms with E-state index >= 15 is 0 Å². The summed E-state index contributed by atoms with van der Waals surface area (Å²) in [6.07, 6.45) is 0. The maximum absolute atomic E-state index is 9.56. The lowest BCUT2D eigenvalue weighted by Crippen LogP contribution is -1.91. The number of ether oxygens (including phenoxy) is 2. The summed E-state index contributed by atoms with van der Waals surface area (Å²) in [6.45, 7) is 0. The monoisotopic (exact) mass is 457 g/mol. The molecule has 2 aromatic carbocycles. The number of pyridine rings is 1. The van der Waals surface area contributed by atoms with E-state index in [1.54, 1.807) is 43.5 Å². The van der Waals surface area contributed by atoms with Gasteiger partial charge in [-0.05, 0) is 62.2 Å². The SMILES string of the molecule is COc1cc(Cl)c2cc(Oc3c(Br)cc(O)cc3Br)ccc2n1. The first-order valence-corrected chi connectivity index (χ1v) is 8.44. The third-order valence-corrected chi connectivity index (χ3v) is 4.61. The van der Waals surface area contributed by atoms with E-state index in [0.717, 1.165) is 5.39 Å². The van der Waals surface area contributed by atoms with Crippen LogP contribution in [0.15, 0.2) is 45.3 Å². The lowest BCUT2D eigenvalue weighted by atomic mass is 10.2. The third-order valence-electron chi connectivity index (χ3n) is 3.12. The Morgan fingerprint density at radius 3 is 2.43 bits per heavy atom. The van der Waals surface area contributed by atoms with E-state index in [1.165, 1.54) is 0 Å². The summed E-state index contributed by atoms with van der Waals surface area (Å²) in [5.74, 6) is 1.74. The minimum absolute atomic E-state index is 0.133. The molecule has 0 bridgehead atoms. The molecule has 4 nitrogen and oxygen atoms in total. The van der Waals surface area contributed by atoms with Crippen molar-refractivity contribution in [1.29, 1.82) is 0 Å². The van der Waals surface area contributed by atoms with Crippen LogP contribution in [-0.2, 0) is 0 Å². The van der Waals surface area contributed by atoms with Crippen molar-refractivity contribution < 1.29 is 14.6 Å². The van der Waals surface area contributed by atoms with E-state index in [0.29, 0.717) is 36.9 Å². The molecule has 0 aliphatic rings. The van der Waals surface area contributed by atoms with Crippen molar-refractivity contribution in [1.82, 2.24) is 4.98 Å². The van der Waals surface area contributed by atoms with Crippen molar-refractivity contribution in [2.45, 2.75) is 0 Å². The van der Waals surface area contributed by atoms with Gasteiger partial charge in [0, 0.05) is 11.5 Å². The van der Waals surface area contributed by atoms with Crippen LogP contribution in [0.2, 0.25) is 5.02 Å². The summed E-state index contributed by atoms with van der Waals surface area (Å²) in [5.41, 5.74) is 0.713. The largest absolute Gasteiger partial charge is 0.508 e. The van der Waals surface area contributed by atoms with Gasteiger partial charge in [-0.15, -0.1) is 0 Å². The first kappa shape index (κ1) is 16.4. The summed E-state index contributed by atoms with van der Waals surface area (Å²) in [7, 11) is 1.54. The number of phenolic OH excluding ortho intramolecular Hbond substituents is 1. The van der Waals surface area contributed by atoms with Gasteiger partial charge < -0.3 is 14.6 Å². The maximum Gasteiger partial charge on any atom is 0.215 e. The molecular formula is C16H10Br2ClNO3. The Bertz CT molecular complexity index is 879. The van der Waals surface area contributed by atoms with Crippen LogP contribution in [-0.4, -0.2) is 17.2 Å². The van der Waals surface area contributed by atoms with E-state index in [2.05, 4.69) is 36.8 Å². The van der Waals surface area contributed by atoms with Gasteiger partial charge in [0.05, 0.1) is 26.6 Å². The third kappa shape index (κ3) is 3.39. The van der Waals surface area contributed by atoms with Gasteiger partial charge in [-0.25, -0.2) is 4.98 Å². The van der Waals surface area contributed by atoms with Crippen LogP contribution in [0, 0.1) is 0 Å². The van der Waals surface area contributed by atoms with E-state index in [9.17, 15) is 5.11 Å². The molecule has 0 radical (unpaired) electrons. The molecule has 118 valence electrons. The zero-order valence-electron chi connectivity index (χ0n) is 11.8. The number of rotatable bonds is 3. The van der Waals surface area contributed by atoms with E-state index in [4.69, 9.17) is 21.1 Å². The van der Waals surface area contributed by atoms with Gasteiger partial charge in [0.15, 0.2) is 5.75 Å². The van der Waals surface area contributed by atoms with Crippen LogP contribution in [0.3, 0.4) is 0 Å². The number of nitrogens with zero attached hydrogens (tertiary/aromatic N) is 1. The van der Waals surface area contributed by atoms with Crippen molar-refractivity contribution in [3.05, 3.63) is 50.4 Å². The lowest BCUT2D eigenvalue weighted by Gasteiger charge is -2.11. The van der Waals surface area contributed by atoms with Crippen molar-refractivity contribution >= 4 is 54.4 Å². The predicted molar refractivity (Wildman–Crippen MR) is 96.9 cm³/mol. The van der Waals surface area contributed by atoms with E-state index < -0.39 is 0 Å². The second-order valence-corrected chi connectivity index (χ2v) is 6.78. The number of benzene rings is 2. The summed E-state index contributed by atoms with van der Waals surface area (Å²) in [5, 5.41) is 10.8. The number of fused-ring (bicyclic) bond motifs is 1. The standard InChI is InChI=1S/C16H10Br2ClNO3/c1-22-15-7-13(19)10-6-9(2-3-14(10)20-15)23-16-11(17)4-8(21)5-12(16)18/h2-7,21H,1H3. The van der Waals surface area contributed by atoms with Crippen LogP contribution in [0.4, 0.5) is 0 Å². The highest BCUT2D eigenvalue weighted by Gasteiger charge is 2.12. The molecule has 3 aromatic rings. The average Bonchev–Trinajstić information content (AvgIpc) is 2.51. The molecule has 0 aliphatic carbocycles. The lowest BCUT2D eigenvalue weighted by molar-refractivity contribution is 0.399. The van der Waals surface area contributed by atoms with Crippen molar-refractivity contribution in [3.8, 4) is 23.1 Å². The van der Waals surface area contributed by atoms with Crippen molar-refractivity contribution in [2.75, 3.05) is 7.11 Å². The number of aromatic nitrogens is 1. The molecule has 7 heteroatoms.